The molecule has 0 bridgehead atoms. The Morgan fingerprint density at radius 1 is 1.44 bits per heavy atom. The summed E-state index contributed by atoms with van der Waals surface area (Å²) in [6, 6.07) is 0. The summed E-state index contributed by atoms with van der Waals surface area (Å²) in [5, 5.41) is 12.3. The quantitative estimate of drug-likeness (QED) is 0.597. The summed E-state index contributed by atoms with van der Waals surface area (Å²) in [6.45, 7) is 9.74. The summed E-state index contributed by atoms with van der Waals surface area (Å²) in [7, 11) is 0. The number of likely N-dealkylation sites (N-methyl/N-ethyl adjacent to an activating group) is 1. The SMILES string of the molecule is CCC1CN(CC(=O)N(CC)CC)CCC1=NO. The molecule has 0 radical (unpaired) electrons. The standard InChI is InChI=1S/C13H25N3O2/c1-4-11-9-15(8-7-12(11)14-18)10-13(17)16(5-2)6-3/h11,18H,4-10H2,1-3H3. The number of hydrogen-bond donors (Lipinski definition) is 1. The van der Waals surface area contributed by atoms with E-state index in [1.54, 1.807) is 0 Å². The highest BCUT2D eigenvalue weighted by Crippen LogP contribution is 2.17. The Morgan fingerprint density at radius 2 is 2.11 bits per heavy atom. The van der Waals surface area contributed by atoms with Crippen LogP contribution in [-0.2, 0) is 4.79 Å². The van der Waals surface area contributed by atoms with E-state index in [1.807, 2.05) is 18.7 Å². The Balaban J connectivity index is 2.52. The molecule has 0 spiro atoms. The Morgan fingerprint density at radius 3 is 2.61 bits per heavy atom. The molecule has 18 heavy (non-hydrogen) atoms. The number of carbonyl (C=O) groups excluding carboxylic acids is 1. The Labute approximate surface area is 109 Å². The van der Waals surface area contributed by atoms with Crippen LogP contribution in [-0.4, -0.2) is 59.3 Å². The Bertz CT molecular complexity index is 301. The first kappa shape index (κ1) is 15.0. The topological polar surface area (TPSA) is 56.1 Å². The van der Waals surface area contributed by atoms with E-state index in [9.17, 15) is 4.79 Å². The van der Waals surface area contributed by atoms with E-state index in [0.717, 1.165) is 44.7 Å². The summed E-state index contributed by atoms with van der Waals surface area (Å²) in [4.78, 5) is 16.1. The number of piperidine rings is 1. The lowest BCUT2D eigenvalue weighted by molar-refractivity contribution is -0.132. The van der Waals surface area contributed by atoms with Crippen LogP contribution >= 0.6 is 0 Å². The molecule has 1 aliphatic rings. The van der Waals surface area contributed by atoms with E-state index in [4.69, 9.17) is 5.21 Å². The van der Waals surface area contributed by atoms with E-state index in [2.05, 4.69) is 17.0 Å². The van der Waals surface area contributed by atoms with Crippen molar-refractivity contribution in [2.75, 3.05) is 32.7 Å². The second-order valence-electron chi connectivity index (χ2n) is 4.75. The highest BCUT2D eigenvalue weighted by atomic mass is 16.4. The summed E-state index contributed by atoms with van der Waals surface area (Å²) < 4.78 is 0. The summed E-state index contributed by atoms with van der Waals surface area (Å²) in [5.74, 6) is 0.479. The van der Waals surface area contributed by atoms with Crippen molar-refractivity contribution in [3.8, 4) is 0 Å². The fraction of sp³-hybridized carbons (Fsp3) is 0.846. The lowest BCUT2D eigenvalue weighted by Crippen LogP contribution is -2.46. The molecule has 5 heteroatoms. The minimum absolute atomic E-state index is 0.194. The fourth-order valence-corrected chi connectivity index (χ4v) is 2.49. The number of hydrogen-bond acceptors (Lipinski definition) is 4. The highest BCUT2D eigenvalue weighted by molar-refractivity contribution is 5.87. The highest BCUT2D eigenvalue weighted by Gasteiger charge is 2.26. The average molecular weight is 255 g/mol. The molecule has 1 aliphatic heterocycles. The maximum Gasteiger partial charge on any atom is 0.236 e. The minimum Gasteiger partial charge on any atom is -0.411 e. The van der Waals surface area contributed by atoms with Crippen molar-refractivity contribution in [3.63, 3.8) is 0 Å². The molecule has 1 atom stereocenters. The van der Waals surface area contributed by atoms with Crippen LogP contribution in [0.5, 0.6) is 0 Å². The molecule has 104 valence electrons. The first-order chi connectivity index (χ1) is 8.65. The molecule has 0 aromatic heterocycles. The van der Waals surface area contributed by atoms with Crippen molar-refractivity contribution in [3.05, 3.63) is 0 Å². The van der Waals surface area contributed by atoms with Crippen molar-refractivity contribution in [1.29, 1.82) is 0 Å². The van der Waals surface area contributed by atoms with Gasteiger partial charge in [0.05, 0.1) is 12.3 Å². The van der Waals surface area contributed by atoms with Gasteiger partial charge in [-0.05, 0) is 20.3 Å². The van der Waals surface area contributed by atoms with Crippen LogP contribution in [0.15, 0.2) is 5.16 Å². The first-order valence-electron chi connectivity index (χ1n) is 6.87. The van der Waals surface area contributed by atoms with Gasteiger partial charge in [-0.1, -0.05) is 12.1 Å². The van der Waals surface area contributed by atoms with Gasteiger partial charge >= 0.3 is 0 Å². The van der Waals surface area contributed by atoms with Crippen LogP contribution in [0.2, 0.25) is 0 Å². The number of rotatable bonds is 5. The molecule has 0 aromatic carbocycles. The van der Waals surface area contributed by atoms with Gasteiger partial charge in [-0.15, -0.1) is 0 Å². The Kier molecular flexibility index (Phi) is 6.12. The monoisotopic (exact) mass is 255 g/mol. The minimum atomic E-state index is 0.194. The molecule has 1 rings (SSSR count). The summed E-state index contributed by atoms with van der Waals surface area (Å²) >= 11 is 0. The van der Waals surface area contributed by atoms with Gasteiger partial charge in [-0.3, -0.25) is 9.69 Å². The fourth-order valence-electron chi connectivity index (χ4n) is 2.49. The van der Waals surface area contributed by atoms with Crippen LogP contribution in [0.25, 0.3) is 0 Å². The van der Waals surface area contributed by atoms with Crippen molar-refractivity contribution in [1.82, 2.24) is 9.80 Å². The predicted molar refractivity (Wildman–Crippen MR) is 72.0 cm³/mol. The van der Waals surface area contributed by atoms with Crippen molar-refractivity contribution in [2.24, 2.45) is 11.1 Å². The van der Waals surface area contributed by atoms with Crippen LogP contribution < -0.4 is 0 Å². The molecular weight excluding hydrogens is 230 g/mol. The molecule has 1 heterocycles. The summed E-state index contributed by atoms with van der Waals surface area (Å²) in [6.07, 6.45) is 1.72. The number of oxime groups is 1. The second kappa shape index (κ2) is 7.36. The number of amides is 1. The second-order valence-corrected chi connectivity index (χ2v) is 4.75. The van der Waals surface area contributed by atoms with Crippen LogP contribution in [0, 0.1) is 5.92 Å². The van der Waals surface area contributed by atoms with Crippen molar-refractivity contribution in [2.45, 2.75) is 33.6 Å². The van der Waals surface area contributed by atoms with E-state index in [1.165, 1.54) is 0 Å². The van der Waals surface area contributed by atoms with Gasteiger partial charge in [-0.25, -0.2) is 0 Å². The third-order valence-electron chi connectivity index (χ3n) is 3.73. The molecule has 0 saturated carbocycles. The first-order valence-corrected chi connectivity index (χ1v) is 6.87. The molecule has 1 amide bonds. The van der Waals surface area contributed by atoms with Gasteiger partial charge in [-0.2, -0.15) is 0 Å². The van der Waals surface area contributed by atoms with Gasteiger partial charge < -0.3 is 10.1 Å². The van der Waals surface area contributed by atoms with Crippen molar-refractivity contribution >= 4 is 11.6 Å². The van der Waals surface area contributed by atoms with Crippen molar-refractivity contribution < 1.29 is 10.0 Å². The van der Waals surface area contributed by atoms with Gasteiger partial charge in [0.2, 0.25) is 5.91 Å². The van der Waals surface area contributed by atoms with Gasteiger partial charge in [0.25, 0.3) is 0 Å². The molecule has 1 fully saturated rings. The molecule has 1 unspecified atom stereocenters. The third kappa shape index (κ3) is 3.70. The largest absolute Gasteiger partial charge is 0.411 e. The molecule has 5 nitrogen and oxygen atoms in total. The predicted octanol–water partition coefficient (Wildman–Crippen LogP) is 1.42. The van der Waals surface area contributed by atoms with Crippen LogP contribution in [0.3, 0.4) is 0 Å². The molecular formula is C13H25N3O2. The maximum absolute atomic E-state index is 12.0. The zero-order valence-corrected chi connectivity index (χ0v) is 11.7. The van der Waals surface area contributed by atoms with Gasteiger partial charge in [0.1, 0.15) is 0 Å². The van der Waals surface area contributed by atoms with E-state index in [0.29, 0.717) is 6.54 Å². The Hall–Kier alpha value is -1.10. The maximum atomic E-state index is 12.0. The summed E-state index contributed by atoms with van der Waals surface area (Å²) in [5.41, 5.74) is 0.879. The number of carbonyl (C=O) groups is 1. The van der Waals surface area contributed by atoms with Gasteiger partial charge in [0.15, 0.2) is 0 Å². The smallest absolute Gasteiger partial charge is 0.236 e. The molecule has 1 N–H and O–H groups in total. The average Bonchev–Trinajstić information content (AvgIpc) is 2.40. The zero-order valence-electron chi connectivity index (χ0n) is 11.7. The third-order valence-corrected chi connectivity index (χ3v) is 3.73. The number of likely N-dealkylation sites (tertiary alicyclic amines) is 1. The lowest BCUT2D eigenvalue weighted by Gasteiger charge is -2.33. The van der Waals surface area contributed by atoms with Crippen LogP contribution in [0.4, 0.5) is 0 Å². The lowest BCUT2D eigenvalue weighted by atomic mass is 9.93. The van der Waals surface area contributed by atoms with E-state index >= 15 is 0 Å². The molecule has 1 saturated heterocycles. The normalized spacial score (nSPS) is 23.3. The zero-order chi connectivity index (χ0) is 13.5. The van der Waals surface area contributed by atoms with E-state index < -0.39 is 0 Å². The molecule has 0 aliphatic carbocycles. The van der Waals surface area contributed by atoms with Crippen LogP contribution in [0.1, 0.15) is 33.6 Å². The molecule has 0 aromatic rings. The van der Waals surface area contributed by atoms with Gasteiger partial charge in [0, 0.05) is 38.5 Å². The van der Waals surface area contributed by atoms with E-state index in [-0.39, 0.29) is 11.8 Å². The number of nitrogens with zero attached hydrogens (tertiary/aromatic N) is 3.